The summed E-state index contributed by atoms with van der Waals surface area (Å²) in [5, 5.41) is 5.05. The minimum absolute atomic E-state index is 0.0305. The first kappa shape index (κ1) is 42.9. The van der Waals surface area contributed by atoms with Gasteiger partial charge in [0.05, 0.1) is 17.4 Å². The van der Waals surface area contributed by atoms with Crippen LogP contribution in [-0.2, 0) is 10.8 Å². The van der Waals surface area contributed by atoms with Gasteiger partial charge < -0.3 is 9.13 Å². The van der Waals surface area contributed by atoms with E-state index in [0.29, 0.717) is 0 Å². The second-order valence-electron chi connectivity index (χ2n) is 20.5. The Morgan fingerprint density at radius 1 is 0.368 bits per heavy atom. The van der Waals surface area contributed by atoms with Crippen molar-refractivity contribution in [2.24, 2.45) is 0 Å². The Bertz CT molecular complexity index is 3430. The van der Waals surface area contributed by atoms with Crippen LogP contribution >= 0.6 is 0 Å². The molecule has 2 heterocycles. The van der Waals surface area contributed by atoms with Crippen LogP contribution in [0, 0.1) is 0 Å². The van der Waals surface area contributed by atoms with Crippen molar-refractivity contribution in [1.82, 2.24) is 9.13 Å². The van der Waals surface area contributed by atoms with Crippen molar-refractivity contribution in [3.05, 3.63) is 234 Å². The smallest absolute Gasteiger partial charge is 0.0566 e. The molecular weight excluding hydrogens is 821 g/mol. The lowest BCUT2D eigenvalue weighted by atomic mass is 9.82. The summed E-state index contributed by atoms with van der Waals surface area (Å²) in [6, 6.07) is 78.7. The van der Waals surface area contributed by atoms with Gasteiger partial charge in [-0.1, -0.05) is 230 Å². The monoisotopic (exact) mass is 878 g/mol. The fraction of sp³-hybridized carbons (Fsp3) is 0.152. The molecule has 1 aliphatic rings. The van der Waals surface area contributed by atoms with Gasteiger partial charge in [0.1, 0.15) is 0 Å². The van der Waals surface area contributed by atoms with Gasteiger partial charge in [0.25, 0.3) is 0 Å². The first-order valence-electron chi connectivity index (χ1n) is 24.2. The molecule has 0 aliphatic heterocycles. The van der Waals surface area contributed by atoms with Crippen molar-refractivity contribution in [2.45, 2.75) is 64.8 Å². The van der Waals surface area contributed by atoms with Crippen LogP contribution in [0.1, 0.15) is 65.1 Å². The predicted molar refractivity (Wildman–Crippen MR) is 290 cm³/mol. The molecule has 68 heavy (non-hydrogen) atoms. The first-order chi connectivity index (χ1) is 33.0. The van der Waals surface area contributed by atoms with Gasteiger partial charge in [-0.3, -0.25) is 0 Å². The molecule has 2 nitrogen and oxygen atoms in total. The van der Waals surface area contributed by atoms with Crippen molar-refractivity contribution < 1.29 is 0 Å². The van der Waals surface area contributed by atoms with Gasteiger partial charge in [-0.2, -0.15) is 0 Å². The summed E-state index contributed by atoms with van der Waals surface area (Å²) in [6.07, 6.45) is 5.99. The van der Waals surface area contributed by atoms with Crippen LogP contribution in [0.5, 0.6) is 0 Å². The molecule has 0 spiro atoms. The fourth-order valence-corrected chi connectivity index (χ4v) is 10.5. The molecule has 11 rings (SSSR count). The molecule has 332 valence electrons. The van der Waals surface area contributed by atoms with E-state index in [9.17, 15) is 0 Å². The maximum atomic E-state index is 2.59. The summed E-state index contributed by atoms with van der Waals surface area (Å²) in [5.74, 6) is 0. The Kier molecular flexibility index (Phi) is 10.9. The summed E-state index contributed by atoms with van der Waals surface area (Å²) >= 11 is 0. The van der Waals surface area contributed by atoms with Gasteiger partial charge in [-0.25, -0.2) is 0 Å². The topological polar surface area (TPSA) is 9.86 Å². The molecule has 1 aliphatic carbocycles. The number of hydrogen-bond donors (Lipinski definition) is 0. The predicted octanol–water partition coefficient (Wildman–Crippen LogP) is 16.2. The van der Waals surface area contributed by atoms with Crippen LogP contribution < -0.4 is 10.4 Å². The molecule has 0 fully saturated rings. The molecular formula is C66H58N2. The van der Waals surface area contributed by atoms with Crippen molar-refractivity contribution >= 4 is 22.9 Å². The second kappa shape index (κ2) is 17.2. The van der Waals surface area contributed by atoms with E-state index in [2.05, 4.69) is 275 Å². The van der Waals surface area contributed by atoms with Gasteiger partial charge in [0, 0.05) is 17.1 Å². The molecule has 1 atom stereocenters. The normalized spacial score (nSPS) is 13.8. The zero-order valence-corrected chi connectivity index (χ0v) is 40.0. The Hall–Kier alpha value is -7.68. The van der Waals surface area contributed by atoms with Gasteiger partial charge in [-0.05, 0) is 130 Å². The van der Waals surface area contributed by atoms with Gasteiger partial charge >= 0.3 is 0 Å². The third-order valence-corrected chi connectivity index (χ3v) is 14.0. The number of benzene rings is 8. The highest BCUT2D eigenvalue weighted by Gasteiger charge is 2.25. The molecule has 1 unspecified atom stereocenters. The van der Waals surface area contributed by atoms with E-state index in [4.69, 9.17) is 0 Å². The molecule has 0 N–H and O–H groups in total. The Balaban J connectivity index is 1.24. The maximum Gasteiger partial charge on any atom is 0.0566 e. The van der Waals surface area contributed by atoms with Crippen LogP contribution in [0.3, 0.4) is 0 Å². The summed E-state index contributed by atoms with van der Waals surface area (Å²) in [4.78, 5) is 0. The highest BCUT2D eigenvalue weighted by molar-refractivity contribution is 6.07. The molecule has 2 heteroatoms. The minimum atomic E-state index is 0.0305. The number of nitrogens with zero attached hydrogens (tertiary/aromatic N) is 2. The Labute approximate surface area is 401 Å². The Morgan fingerprint density at radius 2 is 0.765 bits per heavy atom. The quantitative estimate of drug-likeness (QED) is 0.144. The number of fused-ring (bicyclic) bond motifs is 2. The standard InChI is InChI=1S/C66H58N2/c1-65(2,3)51-31-27-49(28-32-51)63-55-37-35-54(68-61(47-23-15-9-16-24-47)41-42-62(68)48-25-17-10-18-26-48)44-58(55)64(50-29-33-52(34-30-50)66(4,5)6)56-38-36-53(43-57(56)63)67-59(45-19-11-7-12-20-45)39-40-60(67)46-21-13-8-14-22-46/h7-35,37-44,53H,36H2,1-6H3. The molecule has 0 saturated carbocycles. The number of hydrogen-bond acceptors (Lipinski definition) is 0. The molecule has 0 saturated heterocycles. The van der Waals surface area contributed by atoms with Crippen LogP contribution in [0.15, 0.2) is 212 Å². The van der Waals surface area contributed by atoms with Crippen LogP contribution in [0.25, 0.3) is 95.9 Å². The van der Waals surface area contributed by atoms with E-state index < -0.39 is 0 Å². The van der Waals surface area contributed by atoms with E-state index in [0.717, 1.165) is 23.5 Å². The second-order valence-corrected chi connectivity index (χ2v) is 20.5. The molecule has 0 radical (unpaired) electrons. The third kappa shape index (κ3) is 7.84. The largest absolute Gasteiger partial charge is 0.333 e. The van der Waals surface area contributed by atoms with Crippen molar-refractivity contribution in [3.63, 3.8) is 0 Å². The van der Waals surface area contributed by atoms with Crippen molar-refractivity contribution in [1.29, 1.82) is 0 Å². The average Bonchev–Trinajstić information content (AvgIpc) is 4.02. The molecule has 0 amide bonds. The van der Waals surface area contributed by atoms with Crippen LogP contribution in [0.2, 0.25) is 0 Å². The fourth-order valence-electron chi connectivity index (χ4n) is 10.5. The molecule has 0 bridgehead atoms. The van der Waals surface area contributed by atoms with E-state index in [1.165, 1.54) is 88.2 Å². The van der Waals surface area contributed by atoms with E-state index in [1.807, 2.05) is 0 Å². The van der Waals surface area contributed by atoms with Gasteiger partial charge in [0.2, 0.25) is 0 Å². The minimum Gasteiger partial charge on any atom is -0.333 e. The average molecular weight is 879 g/mol. The maximum absolute atomic E-state index is 2.59. The van der Waals surface area contributed by atoms with Crippen LogP contribution in [0.4, 0.5) is 0 Å². The zero-order chi connectivity index (χ0) is 46.6. The molecule has 2 aromatic heterocycles. The first-order valence-corrected chi connectivity index (χ1v) is 24.2. The van der Waals surface area contributed by atoms with E-state index in [-0.39, 0.29) is 16.9 Å². The lowest BCUT2D eigenvalue weighted by molar-refractivity contribution is 0.590. The highest BCUT2D eigenvalue weighted by Crippen LogP contribution is 2.41. The SMILES string of the molecule is CC(C)(C)c1ccc(-c2c3c(c(-c4ccc(C(C)(C)C)cc4)c4cc(-n5c(-c6ccccc6)ccc5-c5ccccc5)ccc24)=CCC(n2c(-c4ccccc4)ccc2-c2ccccc2)C=3)cc1. The molecule has 8 aromatic carbocycles. The van der Waals surface area contributed by atoms with E-state index >= 15 is 0 Å². The lowest BCUT2D eigenvalue weighted by Crippen LogP contribution is -2.34. The summed E-state index contributed by atoms with van der Waals surface area (Å²) in [7, 11) is 0. The Morgan fingerprint density at radius 3 is 1.19 bits per heavy atom. The summed E-state index contributed by atoms with van der Waals surface area (Å²) < 4.78 is 5.05. The number of aromatic nitrogens is 2. The van der Waals surface area contributed by atoms with Crippen molar-refractivity contribution in [3.8, 4) is 73.0 Å². The van der Waals surface area contributed by atoms with Crippen LogP contribution in [-0.4, -0.2) is 9.13 Å². The van der Waals surface area contributed by atoms with Gasteiger partial charge in [0.15, 0.2) is 0 Å². The molecule has 10 aromatic rings. The lowest BCUT2D eigenvalue weighted by Gasteiger charge is -2.26. The summed E-state index contributed by atoms with van der Waals surface area (Å²) in [6.45, 7) is 13.8. The highest BCUT2D eigenvalue weighted by atomic mass is 15.0. The van der Waals surface area contributed by atoms with Crippen molar-refractivity contribution in [2.75, 3.05) is 0 Å². The zero-order valence-electron chi connectivity index (χ0n) is 40.0. The summed E-state index contributed by atoms with van der Waals surface area (Å²) in [5.41, 5.74) is 18.4. The number of rotatable bonds is 8. The van der Waals surface area contributed by atoms with E-state index in [1.54, 1.807) is 0 Å². The third-order valence-electron chi connectivity index (χ3n) is 14.0. The van der Waals surface area contributed by atoms with Gasteiger partial charge in [-0.15, -0.1) is 0 Å².